The maximum atomic E-state index is 12.1. The molecule has 0 aliphatic carbocycles. The molecule has 0 saturated carbocycles. The van der Waals surface area contributed by atoms with Crippen molar-refractivity contribution in [1.29, 1.82) is 0 Å². The van der Waals surface area contributed by atoms with Gasteiger partial charge in [0.05, 0.1) is 23.8 Å². The first-order chi connectivity index (χ1) is 14.4. The number of carbonyl (C=O) groups excluding carboxylic acids is 1. The number of carboxylic acid groups (broad SMARTS) is 1. The predicted octanol–water partition coefficient (Wildman–Crippen LogP) is 3.33. The molecule has 0 aliphatic rings. The van der Waals surface area contributed by atoms with E-state index in [0.29, 0.717) is 11.3 Å². The first-order valence-electron chi connectivity index (χ1n) is 8.48. The molecule has 0 bridgehead atoms. The zero-order valence-corrected chi connectivity index (χ0v) is 15.6. The number of nitro benzene ring substituents is 1. The number of nitrogens with zero attached hydrogens (tertiary/aromatic N) is 2. The fourth-order valence-corrected chi connectivity index (χ4v) is 2.57. The third-order valence-electron chi connectivity index (χ3n) is 4.05. The molecule has 152 valence electrons. The maximum absolute atomic E-state index is 12.1. The highest BCUT2D eigenvalue weighted by Gasteiger charge is 2.19. The Kier molecular flexibility index (Phi) is 5.87. The average molecular weight is 409 g/mol. The summed E-state index contributed by atoms with van der Waals surface area (Å²) in [7, 11) is 1.52. The van der Waals surface area contributed by atoms with Gasteiger partial charge in [0.15, 0.2) is 0 Å². The van der Waals surface area contributed by atoms with E-state index < -0.39 is 16.8 Å². The Bertz CT molecular complexity index is 1130. The summed E-state index contributed by atoms with van der Waals surface area (Å²) in [5.74, 6) is -0.721. The zero-order valence-electron chi connectivity index (χ0n) is 15.6. The average Bonchev–Trinajstić information content (AvgIpc) is 3.21. The number of hydrogen-bond acceptors (Lipinski definition) is 7. The Hall–Kier alpha value is -4.47. The van der Waals surface area contributed by atoms with Gasteiger partial charge in [-0.25, -0.2) is 10.2 Å². The van der Waals surface area contributed by atoms with Gasteiger partial charge in [0.25, 0.3) is 11.6 Å². The van der Waals surface area contributed by atoms with Gasteiger partial charge in [0.1, 0.15) is 17.3 Å². The zero-order chi connectivity index (χ0) is 21.7. The molecule has 0 fully saturated rings. The molecule has 1 heterocycles. The molecule has 30 heavy (non-hydrogen) atoms. The van der Waals surface area contributed by atoms with Crippen LogP contribution >= 0.6 is 0 Å². The van der Waals surface area contributed by atoms with Crippen LogP contribution in [0.25, 0.3) is 11.3 Å². The Morgan fingerprint density at radius 2 is 1.90 bits per heavy atom. The molecule has 3 aromatic rings. The van der Waals surface area contributed by atoms with E-state index >= 15 is 0 Å². The fourth-order valence-electron chi connectivity index (χ4n) is 2.57. The number of nitrogens with one attached hydrogen (secondary N) is 1. The Balaban J connectivity index is 1.74. The smallest absolute Gasteiger partial charge is 0.336 e. The monoisotopic (exact) mass is 409 g/mol. The van der Waals surface area contributed by atoms with Crippen LogP contribution in [0.3, 0.4) is 0 Å². The number of nitro groups is 1. The summed E-state index contributed by atoms with van der Waals surface area (Å²) in [5, 5.41) is 24.0. The second-order valence-electron chi connectivity index (χ2n) is 5.92. The SMILES string of the molecule is COc1ccc(C(=O)N/N=C\c2ccc(-c3ccc([N+](=O)[O-])cc3C(=O)O)o2)cc1. The van der Waals surface area contributed by atoms with Crippen molar-refractivity contribution in [2.24, 2.45) is 5.10 Å². The highest BCUT2D eigenvalue weighted by Crippen LogP contribution is 2.28. The summed E-state index contributed by atoms with van der Waals surface area (Å²) in [6.07, 6.45) is 1.25. The molecule has 10 nitrogen and oxygen atoms in total. The number of ether oxygens (including phenoxy) is 1. The largest absolute Gasteiger partial charge is 0.497 e. The van der Waals surface area contributed by atoms with E-state index in [-0.39, 0.29) is 28.3 Å². The minimum Gasteiger partial charge on any atom is -0.497 e. The van der Waals surface area contributed by atoms with E-state index in [1.165, 1.54) is 37.6 Å². The van der Waals surface area contributed by atoms with Crippen molar-refractivity contribution in [1.82, 2.24) is 5.43 Å². The lowest BCUT2D eigenvalue weighted by Crippen LogP contribution is -2.17. The summed E-state index contributed by atoms with van der Waals surface area (Å²) in [6.45, 7) is 0. The van der Waals surface area contributed by atoms with Gasteiger partial charge in [-0.3, -0.25) is 14.9 Å². The number of hydrogen-bond donors (Lipinski definition) is 2. The number of rotatable bonds is 7. The number of aromatic carboxylic acids is 1. The van der Waals surface area contributed by atoms with Gasteiger partial charge in [-0.15, -0.1) is 0 Å². The number of carboxylic acids is 1. The van der Waals surface area contributed by atoms with E-state index in [1.54, 1.807) is 24.3 Å². The Morgan fingerprint density at radius 1 is 1.17 bits per heavy atom. The molecule has 0 aliphatic heterocycles. The van der Waals surface area contributed by atoms with Crippen molar-refractivity contribution in [3.05, 3.63) is 81.6 Å². The molecule has 0 saturated heterocycles. The van der Waals surface area contributed by atoms with Crippen molar-refractivity contribution in [3.8, 4) is 17.1 Å². The predicted molar refractivity (Wildman–Crippen MR) is 106 cm³/mol. The second-order valence-corrected chi connectivity index (χ2v) is 5.92. The number of benzene rings is 2. The second kappa shape index (κ2) is 8.69. The topological polar surface area (TPSA) is 144 Å². The Morgan fingerprint density at radius 3 is 2.53 bits per heavy atom. The van der Waals surface area contributed by atoms with Crippen LogP contribution < -0.4 is 10.2 Å². The van der Waals surface area contributed by atoms with E-state index in [9.17, 15) is 24.8 Å². The number of carbonyl (C=O) groups is 2. The van der Waals surface area contributed by atoms with Crippen LogP contribution in [0.2, 0.25) is 0 Å². The number of methoxy groups -OCH3 is 1. The van der Waals surface area contributed by atoms with Crippen LogP contribution in [0.4, 0.5) is 5.69 Å². The molecule has 0 unspecified atom stereocenters. The van der Waals surface area contributed by atoms with Crippen molar-refractivity contribution in [2.45, 2.75) is 0 Å². The fraction of sp³-hybridized carbons (Fsp3) is 0.0500. The number of non-ortho nitro benzene ring substituents is 1. The quantitative estimate of drug-likeness (QED) is 0.346. The summed E-state index contributed by atoms with van der Waals surface area (Å²) in [6, 6.07) is 12.9. The molecule has 2 N–H and O–H groups in total. The summed E-state index contributed by atoms with van der Waals surface area (Å²) in [4.78, 5) is 33.7. The van der Waals surface area contributed by atoms with Crippen LogP contribution in [0.15, 0.2) is 64.1 Å². The van der Waals surface area contributed by atoms with E-state index in [0.717, 1.165) is 6.07 Å². The van der Waals surface area contributed by atoms with Crippen LogP contribution in [-0.4, -0.2) is 35.2 Å². The normalized spacial score (nSPS) is 10.7. The molecular weight excluding hydrogens is 394 g/mol. The molecule has 0 atom stereocenters. The van der Waals surface area contributed by atoms with Gasteiger partial charge in [-0.05, 0) is 42.5 Å². The molecule has 0 radical (unpaired) electrons. The van der Waals surface area contributed by atoms with Gasteiger partial charge in [0.2, 0.25) is 0 Å². The highest BCUT2D eigenvalue weighted by molar-refractivity contribution is 5.96. The summed E-state index contributed by atoms with van der Waals surface area (Å²) < 4.78 is 10.6. The standard InChI is InChI=1S/C20H15N3O7/c1-29-14-5-2-12(3-6-14)19(24)22-21-11-15-7-9-18(30-15)16-8-4-13(23(27)28)10-17(16)20(25)26/h2-11H,1H3,(H,22,24)(H,25,26)/b21-11-. The molecule has 1 aromatic heterocycles. The maximum Gasteiger partial charge on any atom is 0.336 e. The lowest BCUT2D eigenvalue weighted by Gasteiger charge is -2.03. The number of hydrazone groups is 1. The van der Waals surface area contributed by atoms with E-state index in [4.69, 9.17) is 9.15 Å². The van der Waals surface area contributed by atoms with Gasteiger partial charge in [-0.2, -0.15) is 5.10 Å². The molecule has 3 rings (SSSR count). The van der Waals surface area contributed by atoms with Gasteiger partial charge in [-0.1, -0.05) is 0 Å². The number of furan rings is 1. The van der Waals surface area contributed by atoms with E-state index in [2.05, 4.69) is 10.5 Å². The summed E-state index contributed by atoms with van der Waals surface area (Å²) in [5.41, 5.74) is 2.29. The van der Waals surface area contributed by atoms with Crippen LogP contribution in [0, 0.1) is 10.1 Å². The highest BCUT2D eigenvalue weighted by atomic mass is 16.6. The van der Waals surface area contributed by atoms with E-state index in [1.807, 2.05) is 0 Å². The van der Waals surface area contributed by atoms with Crippen LogP contribution in [0.5, 0.6) is 5.75 Å². The van der Waals surface area contributed by atoms with Gasteiger partial charge in [0, 0.05) is 23.3 Å². The van der Waals surface area contributed by atoms with Crippen LogP contribution in [0.1, 0.15) is 26.5 Å². The van der Waals surface area contributed by atoms with Gasteiger partial charge < -0.3 is 14.3 Å². The lowest BCUT2D eigenvalue weighted by molar-refractivity contribution is -0.384. The molecule has 0 spiro atoms. The molecular formula is C20H15N3O7. The first kappa shape index (κ1) is 20.3. The lowest BCUT2D eigenvalue weighted by atomic mass is 10.0. The minimum atomic E-state index is -1.33. The summed E-state index contributed by atoms with van der Waals surface area (Å²) >= 11 is 0. The van der Waals surface area contributed by atoms with Crippen molar-refractivity contribution < 1.29 is 28.8 Å². The van der Waals surface area contributed by atoms with Crippen molar-refractivity contribution in [2.75, 3.05) is 7.11 Å². The third kappa shape index (κ3) is 4.50. The minimum absolute atomic E-state index is 0.176. The van der Waals surface area contributed by atoms with Gasteiger partial charge >= 0.3 is 5.97 Å². The number of amides is 1. The molecule has 10 heteroatoms. The first-order valence-corrected chi connectivity index (χ1v) is 8.48. The van der Waals surface area contributed by atoms with Crippen molar-refractivity contribution >= 4 is 23.8 Å². The molecule has 2 aromatic carbocycles. The van der Waals surface area contributed by atoms with Crippen LogP contribution in [-0.2, 0) is 0 Å². The third-order valence-corrected chi connectivity index (χ3v) is 4.05. The van der Waals surface area contributed by atoms with Crippen molar-refractivity contribution in [3.63, 3.8) is 0 Å². The molecule has 1 amide bonds. The Labute approximate surface area is 169 Å².